The molecule has 4 heterocycles. The first-order chi connectivity index (χ1) is 18.0. The summed E-state index contributed by atoms with van der Waals surface area (Å²) in [5, 5.41) is 14.7. The number of hydrogen-bond donors (Lipinski definition) is 1. The molecule has 2 saturated carbocycles. The van der Waals surface area contributed by atoms with Crippen molar-refractivity contribution in [1.82, 2.24) is 24.0 Å². The van der Waals surface area contributed by atoms with Crippen LogP contribution in [-0.4, -0.2) is 43.1 Å². The van der Waals surface area contributed by atoms with Crippen LogP contribution in [0.1, 0.15) is 69.0 Å². The average molecular weight is 494 g/mol. The second-order valence-corrected chi connectivity index (χ2v) is 11.2. The van der Waals surface area contributed by atoms with Crippen molar-refractivity contribution in [3.8, 4) is 6.07 Å². The van der Waals surface area contributed by atoms with Crippen molar-refractivity contribution >= 4 is 33.6 Å². The summed E-state index contributed by atoms with van der Waals surface area (Å²) in [7, 11) is 2.28. The first-order valence-electron chi connectivity index (χ1n) is 13.5. The molecule has 3 fully saturated rings. The number of benzene rings is 1. The summed E-state index contributed by atoms with van der Waals surface area (Å²) in [6.45, 7) is 1.16. The molecule has 3 aliphatic rings. The lowest BCUT2D eigenvalue weighted by Crippen LogP contribution is -2.42. The highest BCUT2D eigenvalue weighted by atomic mass is 16.1. The number of nitriles is 1. The van der Waals surface area contributed by atoms with E-state index in [1.165, 1.54) is 36.6 Å². The fourth-order valence-electron chi connectivity index (χ4n) is 6.69. The third-order valence-electron chi connectivity index (χ3n) is 9.00. The summed E-state index contributed by atoms with van der Waals surface area (Å²) in [6.07, 6.45) is 13.0. The maximum absolute atomic E-state index is 13.1. The monoisotopic (exact) mass is 493 g/mol. The number of nitrogens with zero attached hydrogens (tertiary/aromatic N) is 6. The lowest BCUT2D eigenvalue weighted by Gasteiger charge is -2.38. The van der Waals surface area contributed by atoms with Crippen molar-refractivity contribution in [1.29, 1.82) is 5.26 Å². The van der Waals surface area contributed by atoms with Gasteiger partial charge in [-0.15, -0.1) is 0 Å². The Bertz CT molecular complexity index is 1620. The van der Waals surface area contributed by atoms with Crippen molar-refractivity contribution in [2.45, 2.75) is 69.0 Å². The van der Waals surface area contributed by atoms with E-state index in [1.807, 2.05) is 6.07 Å². The molecule has 0 bridgehead atoms. The molecule has 1 N–H and O–H groups in total. The summed E-state index contributed by atoms with van der Waals surface area (Å²) < 4.78 is 4.19. The largest absolute Gasteiger partial charge is 0.344 e. The third-order valence-corrected chi connectivity index (χ3v) is 9.00. The van der Waals surface area contributed by atoms with E-state index in [0.717, 1.165) is 37.9 Å². The van der Waals surface area contributed by atoms with Crippen molar-refractivity contribution in [3.05, 3.63) is 58.6 Å². The van der Waals surface area contributed by atoms with E-state index in [-0.39, 0.29) is 17.2 Å². The predicted octanol–water partition coefficient (Wildman–Crippen LogP) is 5.28. The first-order valence-corrected chi connectivity index (χ1v) is 13.5. The van der Waals surface area contributed by atoms with Gasteiger partial charge in [-0.1, -0.05) is 12.8 Å². The Hall–Kier alpha value is -3.70. The minimum atomic E-state index is -0.254. The van der Waals surface area contributed by atoms with Crippen LogP contribution in [0.2, 0.25) is 0 Å². The molecule has 8 heteroatoms. The number of hydrogen-bond acceptors (Lipinski definition) is 6. The molecule has 1 aromatic carbocycles. The Morgan fingerprint density at radius 2 is 1.92 bits per heavy atom. The lowest BCUT2D eigenvalue weighted by molar-refractivity contribution is 0.128. The van der Waals surface area contributed by atoms with Crippen LogP contribution in [0.25, 0.3) is 21.9 Å². The van der Waals surface area contributed by atoms with Gasteiger partial charge in [-0.05, 0) is 75.9 Å². The van der Waals surface area contributed by atoms with Crippen LogP contribution < -0.4 is 10.9 Å². The van der Waals surface area contributed by atoms with E-state index in [2.05, 4.69) is 57.3 Å². The topological polar surface area (TPSA) is 91.8 Å². The maximum atomic E-state index is 13.1. The highest BCUT2D eigenvalue weighted by Gasteiger charge is 2.50. The predicted molar refractivity (Wildman–Crippen MR) is 144 cm³/mol. The van der Waals surface area contributed by atoms with Crippen LogP contribution in [0.4, 0.5) is 11.6 Å². The van der Waals surface area contributed by atoms with Gasteiger partial charge < -0.3 is 14.8 Å². The molecule has 37 heavy (non-hydrogen) atoms. The minimum absolute atomic E-state index is 0.0801. The fraction of sp³-hybridized carbons (Fsp3) is 0.448. The molecular weight excluding hydrogens is 462 g/mol. The van der Waals surface area contributed by atoms with Crippen LogP contribution >= 0.6 is 0 Å². The molecule has 2 aliphatic carbocycles. The van der Waals surface area contributed by atoms with Crippen LogP contribution in [0.15, 0.2) is 47.5 Å². The smallest absolute Gasteiger partial charge is 0.270 e. The van der Waals surface area contributed by atoms with Gasteiger partial charge in [-0.3, -0.25) is 9.36 Å². The number of aromatic nitrogens is 4. The van der Waals surface area contributed by atoms with Crippen LogP contribution in [-0.2, 0) is 0 Å². The Kier molecular flexibility index (Phi) is 5.12. The lowest BCUT2D eigenvalue weighted by atomic mass is 9.95. The van der Waals surface area contributed by atoms with Crippen molar-refractivity contribution < 1.29 is 0 Å². The molecule has 3 aromatic heterocycles. The van der Waals surface area contributed by atoms with Gasteiger partial charge in [0.05, 0.1) is 0 Å². The number of fused-ring (bicyclic) bond motifs is 2. The molecule has 1 unspecified atom stereocenters. The molecule has 8 nitrogen and oxygen atoms in total. The summed E-state index contributed by atoms with van der Waals surface area (Å²) in [5.74, 6) is 0.452. The summed E-state index contributed by atoms with van der Waals surface area (Å²) in [6, 6.07) is 12.9. The highest BCUT2D eigenvalue weighted by Crippen LogP contribution is 2.50. The van der Waals surface area contributed by atoms with Crippen molar-refractivity contribution in [3.63, 3.8) is 0 Å². The van der Waals surface area contributed by atoms with E-state index in [1.54, 1.807) is 16.8 Å². The second kappa shape index (κ2) is 8.42. The average Bonchev–Trinajstić information content (AvgIpc) is 3.27. The van der Waals surface area contributed by atoms with Crippen molar-refractivity contribution in [2.24, 2.45) is 0 Å². The van der Waals surface area contributed by atoms with E-state index in [9.17, 15) is 10.1 Å². The normalized spacial score (nSPS) is 21.6. The Balaban J connectivity index is 1.20. The van der Waals surface area contributed by atoms with E-state index in [4.69, 9.17) is 4.98 Å². The van der Waals surface area contributed by atoms with E-state index < -0.39 is 0 Å². The zero-order chi connectivity index (χ0) is 25.1. The molecule has 188 valence electrons. The van der Waals surface area contributed by atoms with E-state index >= 15 is 0 Å². The number of anilines is 2. The molecule has 1 aliphatic heterocycles. The maximum Gasteiger partial charge on any atom is 0.270 e. The molecule has 1 saturated heterocycles. The number of likely N-dealkylation sites (tertiary alicyclic amines) is 1. The molecule has 0 amide bonds. The molecule has 1 spiro atoms. The number of nitrogens with one attached hydrogen (secondary N) is 1. The van der Waals surface area contributed by atoms with Crippen LogP contribution in [0.3, 0.4) is 0 Å². The standard InChI is InChI=1S/C29H31N7O/c1-34-12-9-24(16-29(34)10-11-29)35-13-8-19-15-22(6-7-25(19)35)32-28-31-18-21-14-20(17-30)27(37)36(26(21)33-28)23-4-2-3-5-23/h6-8,13-15,18,23-24H,2-5,9-12,16H2,1H3,(H,31,32,33). The van der Waals surface area contributed by atoms with Gasteiger partial charge in [0.1, 0.15) is 17.3 Å². The van der Waals surface area contributed by atoms with Crippen LogP contribution in [0, 0.1) is 11.3 Å². The van der Waals surface area contributed by atoms with E-state index in [0.29, 0.717) is 28.6 Å². The quantitative estimate of drug-likeness (QED) is 0.416. The van der Waals surface area contributed by atoms with Gasteiger partial charge in [0.25, 0.3) is 5.56 Å². The molecular formula is C29H31N7O. The zero-order valence-corrected chi connectivity index (χ0v) is 21.2. The van der Waals surface area contributed by atoms with Gasteiger partial charge in [0.15, 0.2) is 0 Å². The Morgan fingerprint density at radius 1 is 1.08 bits per heavy atom. The summed E-state index contributed by atoms with van der Waals surface area (Å²) in [5.41, 5.74) is 3.09. The van der Waals surface area contributed by atoms with Crippen LogP contribution in [0.5, 0.6) is 0 Å². The number of piperidine rings is 1. The number of rotatable bonds is 4. The van der Waals surface area contributed by atoms with Gasteiger partial charge in [-0.25, -0.2) is 4.98 Å². The Labute approximate surface area is 215 Å². The number of pyridine rings is 1. The zero-order valence-electron chi connectivity index (χ0n) is 21.2. The molecule has 1 atom stereocenters. The first kappa shape index (κ1) is 22.5. The second-order valence-electron chi connectivity index (χ2n) is 11.2. The van der Waals surface area contributed by atoms with Gasteiger partial charge >= 0.3 is 0 Å². The fourth-order valence-corrected chi connectivity index (χ4v) is 6.69. The SMILES string of the molecule is CN1CCC(n2ccc3cc(Nc4ncc5cc(C#N)c(=O)n(C6CCCC6)c5n4)ccc32)CC12CC2. The van der Waals surface area contributed by atoms with Gasteiger partial charge in [0.2, 0.25) is 5.95 Å². The summed E-state index contributed by atoms with van der Waals surface area (Å²) >= 11 is 0. The minimum Gasteiger partial charge on any atom is -0.344 e. The van der Waals surface area contributed by atoms with Gasteiger partial charge in [-0.2, -0.15) is 10.2 Å². The summed E-state index contributed by atoms with van der Waals surface area (Å²) in [4.78, 5) is 24.9. The Morgan fingerprint density at radius 3 is 2.70 bits per heavy atom. The van der Waals surface area contributed by atoms with Crippen molar-refractivity contribution in [2.75, 3.05) is 18.9 Å². The molecule has 7 rings (SSSR count). The molecule has 4 aromatic rings. The third kappa shape index (κ3) is 3.72. The molecule has 0 radical (unpaired) electrons. The van der Waals surface area contributed by atoms with Gasteiger partial charge in [0, 0.05) is 58.5 Å². The highest BCUT2D eigenvalue weighted by molar-refractivity contribution is 5.85.